The summed E-state index contributed by atoms with van der Waals surface area (Å²) in [7, 11) is 3.98. The molecule has 1 fully saturated rings. The van der Waals surface area contributed by atoms with Crippen LogP contribution in [0.3, 0.4) is 0 Å². The Morgan fingerprint density at radius 3 is 2.83 bits per heavy atom. The molecule has 1 N–H and O–H groups in total. The number of likely N-dealkylation sites (tertiary alicyclic amines) is 1. The summed E-state index contributed by atoms with van der Waals surface area (Å²) in [4.78, 5) is 16.0. The van der Waals surface area contributed by atoms with Crippen LogP contribution in [0.25, 0.3) is 0 Å². The van der Waals surface area contributed by atoms with E-state index in [0.717, 1.165) is 13.0 Å². The van der Waals surface area contributed by atoms with Crippen LogP contribution in [0.2, 0.25) is 0 Å². The molecule has 0 bridgehead atoms. The molecule has 1 aliphatic rings. The molecule has 5 nitrogen and oxygen atoms in total. The van der Waals surface area contributed by atoms with Crippen LogP contribution in [0.4, 0.5) is 0 Å². The number of aliphatic hydroxyl groups excluding tert-OH is 1. The highest BCUT2D eigenvalue weighted by molar-refractivity contribution is 5.77. The third-order valence-corrected chi connectivity index (χ3v) is 3.17. The van der Waals surface area contributed by atoms with Crippen LogP contribution < -0.4 is 0 Å². The molecular formula is C13H26N2O3. The summed E-state index contributed by atoms with van der Waals surface area (Å²) >= 11 is 0. The zero-order valence-electron chi connectivity index (χ0n) is 11.8. The molecule has 0 aromatic rings. The van der Waals surface area contributed by atoms with Crippen LogP contribution in [-0.2, 0) is 9.53 Å². The molecule has 0 aromatic heterocycles. The summed E-state index contributed by atoms with van der Waals surface area (Å²) in [5.74, 6) is 0.137. The van der Waals surface area contributed by atoms with Gasteiger partial charge in [0.1, 0.15) is 0 Å². The zero-order chi connectivity index (χ0) is 13.5. The molecule has 0 saturated carbocycles. The lowest BCUT2D eigenvalue weighted by Gasteiger charge is -2.26. The van der Waals surface area contributed by atoms with E-state index < -0.39 is 0 Å². The number of hydrogen-bond acceptors (Lipinski definition) is 4. The van der Waals surface area contributed by atoms with Crippen molar-refractivity contribution < 1.29 is 14.6 Å². The second-order valence-electron chi connectivity index (χ2n) is 5.15. The van der Waals surface area contributed by atoms with Crippen LogP contribution in [0.5, 0.6) is 0 Å². The van der Waals surface area contributed by atoms with E-state index in [4.69, 9.17) is 4.74 Å². The normalized spacial score (nSPS) is 23.9. The first-order valence-corrected chi connectivity index (χ1v) is 6.74. The second-order valence-corrected chi connectivity index (χ2v) is 5.15. The Morgan fingerprint density at radius 1 is 1.50 bits per heavy atom. The predicted octanol–water partition coefficient (Wildman–Crippen LogP) is 0.327. The summed E-state index contributed by atoms with van der Waals surface area (Å²) < 4.78 is 5.23. The Kier molecular flexibility index (Phi) is 6.60. The summed E-state index contributed by atoms with van der Waals surface area (Å²) in [5, 5.41) is 9.70. The van der Waals surface area contributed by atoms with E-state index in [1.165, 1.54) is 0 Å². The van der Waals surface area contributed by atoms with Gasteiger partial charge in [-0.15, -0.1) is 0 Å². The van der Waals surface area contributed by atoms with E-state index in [0.29, 0.717) is 32.6 Å². The maximum Gasteiger partial charge on any atom is 0.223 e. The molecule has 1 heterocycles. The van der Waals surface area contributed by atoms with Crippen LogP contribution in [0.15, 0.2) is 0 Å². The van der Waals surface area contributed by atoms with Gasteiger partial charge in [-0.05, 0) is 33.9 Å². The van der Waals surface area contributed by atoms with Crippen LogP contribution in [0, 0.1) is 0 Å². The van der Waals surface area contributed by atoms with E-state index in [9.17, 15) is 9.90 Å². The Hall–Kier alpha value is -0.650. The first kappa shape index (κ1) is 15.4. The molecule has 1 rings (SSSR count). The number of β-amino-alcohol motifs (C(OH)–C–C–N with tert-alkyl or cyclic N) is 1. The van der Waals surface area contributed by atoms with Crippen molar-refractivity contribution in [3.63, 3.8) is 0 Å². The number of hydrogen-bond donors (Lipinski definition) is 1. The highest BCUT2D eigenvalue weighted by Gasteiger charge is 2.33. The molecule has 1 saturated heterocycles. The van der Waals surface area contributed by atoms with E-state index in [1.54, 1.807) is 0 Å². The van der Waals surface area contributed by atoms with E-state index >= 15 is 0 Å². The summed E-state index contributed by atoms with van der Waals surface area (Å²) in [6, 6.07) is 0.148. The van der Waals surface area contributed by atoms with Gasteiger partial charge in [0.05, 0.1) is 6.10 Å². The first-order chi connectivity index (χ1) is 8.54. The predicted molar refractivity (Wildman–Crippen MR) is 70.4 cm³/mol. The van der Waals surface area contributed by atoms with Gasteiger partial charge in [-0.25, -0.2) is 0 Å². The minimum absolute atomic E-state index is 0.137. The fraction of sp³-hybridized carbons (Fsp3) is 0.923. The molecule has 2 unspecified atom stereocenters. The van der Waals surface area contributed by atoms with Crippen LogP contribution >= 0.6 is 0 Å². The van der Waals surface area contributed by atoms with Crippen molar-refractivity contribution in [1.29, 1.82) is 0 Å². The van der Waals surface area contributed by atoms with Crippen molar-refractivity contribution in [2.45, 2.75) is 38.3 Å². The van der Waals surface area contributed by atoms with Crippen molar-refractivity contribution in [3.05, 3.63) is 0 Å². The highest BCUT2D eigenvalue weighted by Crippen LogP contribution is 2.19. The minimum atomic E-state index is -0.370. The quantitative estimate of drug-likeness (QED) is 0.669. The Labute approximate surface area is 110 Å². The molecule has 2 atom stereocenters. The van der Waals surface area contributed by atoms with Gasteiger partial charge in [0.15, 0.2) is 0 Å². The van der Waals surface area contributed by atoms with Gasteiger partial charge in [-0.2, -0.15) is 0 Å². The van der Waals surface area contributed by atoms with Crippen LogP contribution in [-0.4, -0.2) is 73.4 Å². The standard InChI is InChI=1S/C13H26N2O3/c1-4-18-7-5-6-13(17)15-10-12(16)8-11(15)9-14(2)3/h11-12,16H,4-10H2,1-3H3. The van der Waals surface area contributed by atoms with Gasteiger partial charge in [-0.3, -0.25) is 4.79 Å². The van der Waals surface area contributed by atoms with Gasteiger partial charge < -0.3 is 19.6 Å². The van der Waals surface area contributed by atoms with Gasteiger partial charge in [-0.1, -0.05) is 0 Å². The van der Waals surface area contributed by atoms with Gasteiger partial charge >= 0.3 is 0 Å². The highest BCUT2D eigenvalue weighted by atomic mass is 16.5. The molecule has 0 aliphatic carbocycles. The molecule has 1 aliphatic heterocycles. The maximum atomic E-state index is 12.1. The number of nitrogens with zero attached hydrogens (tertiary/aromatic N) is 2. The molecule has 106 valence electrons. The fourth-order valence-corrected chi connectivity index (χ4v) is 2.41. The smallest absolute Gasteiger partial charge is 0.223 e. The van der Waals surface area contributed by atoms with E-state index in [-0.39, 0.29) is 18.1 Å². The number of likely N-dealkylation sites (N-methyl/N-ethyl adjacent to an activating group) is 1. The molecule has 18 heavy (non-hydrogen) atoms. The third kappa shape index (κ3) is 4.92. The summed E-state index contributed by atoms with van der Waals surface area (Å²) in [6.45, 7) is 4.57. The second kappa shape index (κ2) is 7.71. The topological polar surface area (TPSA) is 53.0 Å². The SMILES string of the molecule is CCOCCCC(=O)N1CC(O)CC1CN(C)C. The lowest BCUT2D eigenvalue weighted by molar-refractivity contribution is -0.132. The maximum absolute atomic E-state index is 12.1. The average molecular weight is 258 g/mol. The molecule has 0 radical (unpaired) electrons. The van der Waals surface area contributed by atoms with E-state index in [2.05, 4.69) is 4.90 Å². The van der Waals surface area contributed by atoms with Gasteiger partial charge in [0.25, 0.3) is 0 Å². The number of rotatable bonds is 7. The van der Waals surface area contributed by atoms with Crippen LogP contribution in [0.1, 0.15) is 26.2 Å². The fourth-order valence-electron chi connectivity index (χ4n) is 2.41. The van der Waals surface area contributed by atoms with Crippen molar-refractivity contribution >= 4 is 5.91 Å². The average Bonchev–Trinajstić information content (AvgIpc) is 2.64. The van der Waals surface area contributed by atoms with Crippen molar-refractivity contribution in [3.8, 4) is 0 Å². The molecule has 0 aromatic carbocycles. The summed E-state index contributed by atoms with van der Waals surface area (Å²) in [6.07, 6.45) is 1.59. The van der Waals surface area contributed by atoms with Gasteiger partial charge in [0, 0.05) is 38.8 Å². The van der Waals surface area contributed by atoms with Gasteiger partial charge in [0.2, 0.25) is 5.91 Å². The lowest BCUT2D eigenvalue weighted by atomic mass is 10.2. The Morgan fingerprint density at radius 2 is 2.22 bits per heavy atom. The number of carbonyl (C=O) groups is 1. The van der Waals surface area contributed by atoms with E-state index in [1.807, 2.05) is 25.9 Å². The first-order valence-electron chi connectivity index (χ1n) is 6.74. The lowest BCUT2D eigenvalue weighted by Crippen LogP contribution is -2.41. The Balaban J connectivity index is 2.38. The number of ether oxygens (including phenoxy) is 1. The number of carbonyl (C=O) groups excluding carboxylic acids is 1. The molecule has 0 spiro atoms. The van der Waals surface area contributed by atoms with Crippen molar-refractivity contribution in [2.75, 3.05) is 40.4 Å². The zero-order valence-corrected chi connectivity index (χ0v) is 11.8. The minimum Gasteiger partial charge on any atom is -0.391 e. The monoisotopic (exact) mass is 258 g/mol. The molecule has 1 amide bonds. The molecule has 5 heteroatoms. The van der Waals surface area contributed by atoms with Crippen molar-refractivity contribution in [2.24, 2.45) is 0 Å². The third-order valence-electron chi connectivity index (χ3n) is 3.17. The Bertz CT molecular complexity index is 259. The number of amides is 1. The van der Waals surface area contributed by atoms with Crippen molar-refractivity contribution in [1.82, 2.24) is 9.80 Å². The molecular weight excluding hydrogens is 232 g/mol. The summed E-state index contributed by atoms with van der Waals surface area (Å²) in [5.41, 5.74) is 0. The largest absolute Gasteiger partial charge is 0.391 e. The number of aliphatic hydroxyl groups is 1.